The van der Waals surface area contributed by atoms with Gasteiger partial charge in [0, 0.05) is 5.39 Å². The van der Waals surface area contributed by atoms with Crippen LogP contribution in [0.2, 0.25) is 0 Å². The van der Waals surface area contributed by atoms with Crippen LogP contribution in [-0.4, -0.2) is 15.0 Å². The van der Waals surface area contributed by atoms with Crippen LogP contribution in [0.1, 0.15) is 32.0 Å². The van der Waals surface area contributed by atoms with Gasteiger partial charge in [0.2, 0.25) is 0 Å². The summed E-state index contributed by atoms with van der Waals surface area (Å²) in [5.41, 5.74) is 3.23. The average molecular weight is 432 g/mol. The number of hydrogen-bond donors (Lipinski definition) is 0. The Labute approximate surface area is 192 Å². The van der Waals surface area contributed by atoms with Crippen LogP contribution in [0.4, 0.5) is 0 Å². The van der Waals surface area contributed by atoms with Crippen molar-refractivity contribution in [2.24, 2.45) is 0 Å². The number of rotatable bonds is 4. The van der Waals surface area contributed by atoms with E-state index in [9.17, 15) is 0 Å². The van der Waals surface area contributed by atoms with Gasteiger partial charge in [0.15, 0.2) is 0 Å². The highest BCUT2D eigenvalue weighted by molar-refractivity contribution is 6.24. The second-order valence-electron chi connectivity index (χ2n) is 9.66. The lowest BCUT2D eigenvalue weighted by Crippen LogP contribution is -2.10. The highest BCUT2D eigenvalue weighted by Crippen LogP contribution is 2.36. The lowest BCUT2D eigenvalue weighted by Gasteiger charge is -2.19. The molecule has 33 heavy (non-hydrogen) atoms. The average Bonchev–Trinajstić information content (AvgIpc) is 3.30. The summed E-state index contributed by atoms with van der Waals surface area (Å²) in [6, 6.07) is 27.8. The monoisotopic (exact) mass is 431 g/mol. The van der Waals surface area contributed by atoms with Gasteiger partial charge in [-0.2, -0.15) is 0 Å². The number of ether oxygens (including phenoxy) is 1. The van der Waals surface area contributed by atoms with E-state index >= 15 is 0 Å². The van der Waals surface area contributed by atoms with Crippen molar-refractivity contribution in [2.45, 2.75) is 32.8 Å². The Morgan fingerprint density at radius 2 is 1.42 bits per heavy atom. The summed E-state index contributed by atoms with van der Waals surface area (Å²) in [5, 5.41) is 16.3. The molecule has 1 heterocycles. The van der Waals surface area contributed by atoms with E-state index in [1.54, 1.807) is 0 Å². The van der Waals surface area contributed by atoms with Crippen molar-refractivity contribution in [3.05, 3.63) is 96.3 Å². The first kappa shape index (κ1) is 19.7. The van der Waals surface area contributed by atoms with Gasteiger partial charge in [-0.15, -0.1) is 5.10 Å². The zero-order chi connectivity index (χ0) is 22.6. The van der Waals surface area contributed by atoms with Gasteiger partial charge in [0.1, 0.15) is 18.1 Å². The molecule has 0 aliphatic rings. The molecule has 0 radical (unpaired) electrons. The lowest BCUT2D eigenvalue weighted by molar-refractivity contribution is 0.301. The van der Waals surface area contributed by atoms with Gasteiger partial charge in [-0.3, -0.25) is 0 Å². The van der Waals surface area contributed by atoms with Crippen LogP contribution >= 0.6 is 0 Å². The fraction of sp³-hybridized carbons (Fsp3) is 0.172. The fourth-order valence-electron chi connectivity index (χ4n) is 4.61. The first-order chi connectivity index (χ1) is 16.0. The van der Waals surface area contributed by atoms with E-state index in [0.29, 0.717) is 6.61 Å². The first-order valence-corrected chi connectivity index (χ1v) is 11.3. The van der Waals surface area contributed by atoms with Gasteiger partial charge in [0.05, 0.1) is 11.9 Å². The van der Waals surface area contributed by atoms with Crippen molar-refractivity contribution in [2.75, 3.05) is 0 Å². The quantitative estimate of drug-likeness (QED) is 0.281. The van der Waals surface area contributed by atoms with Crippen LogP contribution in [0, 0.1) is 0 Å². The zero-order valence-electron chi connectivity index (χ0n) is 19.0. The topological polar surface area (TPSA) is 39.9 Å². The molecule has 0 amide bonds. The molecule has 6 aromatic rings. The van der Waals surface area contributed by atoms with Gasteiger partial charge < -0.3 is 4.74 Å². The molecule has 4 heteroatoms. The lowest BCUT2D eigenvalue weighted by atomic mass is 9.87. The van der Waals surface area contributed by atoms with Gasteiger partial charge in [-0.25, -0.2) is 4.68 Å². The molecule has 0 atom stereocenters. The van der Waals surface area contributed by atoms with Gasteiger partial charge in [-0.1, -0.05) is 86.6 Å². The highest BCUT2D eigenvalue weighted by atomic mass is 16.5. The smallest absolute Gasteiger partial charge is 0.134 e. The summed E-state index contributed by atoms with van der Waals surface area (Å²) in [7, 11) is 0. The molecule has 0 aliphatic heterocycles. The van der Waals surface area contributed by atoms with Crippen LogP contribution < -0.4 is 4.74 Å². The molecule has 0 N–H and O–H groups in total. The summed E-state index contributed by atoms with van der Waals surface area (Å²) in [6.45, 7) is 7.00. The standard InChI is InChI=1S/C29H25N3O/c1-29(2,3)22-11-13-24(14-12-22)33-18-23-17-32(31-30-23)26-16-10-21-8-7-19-5-4-6-20-9-15-25(26)28(21)27(19)20/h4-17H,18H2,1-3H3. The third kappa shape index (κ3) is 3.39. The van der Waals surface area contributed by atoms with Gasteiger partial charge in [0.25, 0.3) is 0 Å². The predicted molar refractivity (Wildman–Crippen MR) is 135 cm³/mol. The number of aromatic nitrogens is 3. The Bertz CT molecular complexity index is 1570. The summed E-state index contributed by atoms with van der Waals surface area (Å²) >= 11 is 0. The third-order valence-corrected chi connectivity index (χ3v) is 6.40. The van der Waals surface area contributed by atoms with Crippen LogP contribution in [0.15, 0.2) is 85.1 Å². The van der Waals surface area contributed by atoms with Gasteiger partial charge >= 0.3 is 0 Å². The second-order valence-corrected chi connectivity index (χ2v) is 9.66. The summed E-state index contributed by atoms with van der Waals surface area (Å²) in [5.74, 6) is 0.834. The predicted octanol–water partition coefficient (Wildman–Crippen LogP) is 7.04. The van der Waals surface area contributed by atoms with Crippen molar-refractivity contribution in [3.8, 4) is 11.4 Å². The fourth-order valence-corrected chi connectivity index (χ4v) is 4.61. The van der Waals surface area contributed by atoms with Gasteiger partial charge in [-0.05, 0) is 56.1 Å². The van der Waals surface area contributed by atoms with Crippen molar-refractivity contribution in [1.29, 1.82) is 0 Å². The van der Waals surface area contributed by atoms with Crippen LogP contribution in [-0.2, 0) is 12.0 Å². The normalized spacial score (nSPS) is 12.2. The number of benzene rings is 5. The van der Waals surface area contributed by atoms with Crippen LogP contribution in [0.5, 0.6) is 5.75 Å². The molecule has 5 aromatic carbocycles. The van der Waals surface area contributed by atoms with E-state index in [0.717, 1.165) is 17.1 Å². The minimum absolute atomic E-state index is 0.127. The Balaban J connectivity index is 1.32. The van der Waals surface area contributed by atoms with Crippen molar-refractivity contribution < 1.29 is 4.74 Å². The molecular weight excluding hydrogens is 406 g/mol. The maximum atomic E-state index is 5.97. The summed E-state index contributed by atoms with van der Waals surface area (Å²) in [4.78, 5) is 0. The minimum atomic E-state index is 0.127. The summed E-state index contributed by atoms with van der Waals surface area (Å²) in [6.07, 6.45) is 1.95. The SMILES string of the molecule is CC(C)(C)c1ccc(OCc2cn(-c3ccc4ccc5cccc6ccc3c4c56)nn2)cc1. The van der Waals surface area contributed by atoms with E-state index in [-0.39, 0.29) is 5.41 Å². The molecule has 0 saturated heterocycles. The van der Waals surface area contributed by atoms with Crippen LogP contribution in [0.25, 0.3) is 38.0 Å². The molecule has 162 valence electrons. The minimum Gasteiger partial charge on any atom is -0.487 e. The van der Waals surface area contributed by atoms with E-state index in [2.05, 4.69) is 97.8 Å². The van der Waals surface area contributed by atoms with E-state index in [1.165, 1.54) is 37.9 Å². The summed E-state index contributed by atoms with van der Waals surface area (Å²) < 4.78 is 7.83. The molecule has 1 aromatic heterocycles. The van der Waals surface area contributed by atoms with Crippen LogP contribution in [0.3, 0.4) is 0 Å². The van der Waals surface area contributed by atoms with E-state index in [1.807, 2.05) is 23.0 Å². The Kier molecular flexibility index (Phi) is 4.37. The molecule has 0 bridgehead atoms. The highest BCUT2D eigenvalue weighted by Gasteiger charge is 2.14. The molecular formula is C29H25N3O. The Hall–Kier alpha value is -3.92. The van der Waals surface area contributed by atoms with Crippen molar-refractivity contribution >= 4 is 32.3 Å². The second kappa shape index (κ2) is 7.31. The zero-order valence-corrected chi connectivity index (χ0v) is 19.0. The Morgan fingerprint density at radius 3 is 2.15 bits per heavy atom. The molecule has 0 saturated carbocycles. The maximum absolute atomic E-state index is 5.97. The third-order valence-electron chi connectivity index (χ3n) is 6.40. The molecule has 0 fully saturated rings. The van der Waals surface area contributed by atoms with E-state index in [4.69, 9.17) is 4.74 Å². The first-order valence-electron chi connectivity index (χ1n) is 11.3. The molecule has 6 rings (SSSR count). The van der Waals surface area contributed by atoms with Crippen molar-refractivity contribution in [1.82, 2.24) is 15.0 Å². The molecule has 4 nitrogen and oxygen atoms in total. The Morgan fingerprint density at radius 1 is 0.758 bits per heavy atom. The number of nitrogens with zero attached hydrogens (tertiary/aromatic N) is 3. The molecule has 0 aliphatic carbocycles. The molecule has 0 spiro atoms. The number of hydrogen-bond acceptors (Lipinski definition) is 3. The van der Waals surface area contributed by atoms with Crippen molar-refractivity contribution in [3.63, 3.8) is 0 Å². The maximum Gasteiger partial charge on any atom is 0.134 e. The largest absolute Gasteiger partial charge is 0.487 e. The van der Waals surface area contributed by atoms with E-state index < -0.39 is 0 Å². The molecule has 0 unspecified atom stereocenters.